The highest BCUT2D eigenvalue weighted by molar-refractivity contribution is 14.1. The molecule has 0 aliphatic carbocycles. The van der Waals surface area contributed by atoms with E-state index in [1.54, 1.807) is 0 Å². The van der Waals surface area contributed by atoms with Gasteiger partial charge in [0.25, 0.3) is 0 Å². The monoisotopic (exact) mass is 247 g/mol. The van der Waals surface area contributed by atoms with Crippen molar-refractivity contribution in [1.29, 1.82) is 0 Å². The van der Waals surface area contributed by atoms with Crippen LogP contribution in [0.15, 0.2) is 18.2 Å². The van der Waals surface area contributed by atoms with E-state index in [1.807, 2.05) is 12.1 Å². The molecule has 0 saturated heterocycles. The van der Waals surface area contributed by atoms with Gasteiger partial charge in [0.05, 0.1) is 0 Å². The van der Waals surface area contributed by atoms with E-state index in [9.17, 15) is 0 Å². The number of halogens is 1. The van der Waals surface area contributed by atoms with Gasteiger partial charge in [-0.2, -0.15) is 0 Å². The van der Waals surface area contributed by atoms with Gasteiger partial charge in [-0.05, 0) is 46.7 Å². The quantitative estimate of drug-likeness (QED) is 0.598. The van der Waals surface area contributed by atoms with E-state index in [4.69, 9.17) is 5.73 Å². The summed E-state index contributed by atoms with van der Waals surface area (Å²) >= 11 is 2.31. The molecule has 2 heteroatoms. The second-order valence-electron chi connectivity index (χ2n) is 2.16. The fourth-order valence-corrected chi connectivity index (χ4v) is 1.85. The normalized spacial score (nSPS) is 9.80. The van der Waals surface area contributed by atoms with Crippen molar-refractivity contribution in [3.8, 4) is 0 Å². The van der Waals surface area contributed by atoms with Gasteiger partial charge in [0.15, 0.2) is 0 Å². The summed E-state index contributed by atoms with van der Waals surface area (Å²) in [5.74, 6) is 0. The number of nitrogen functional groups attached to an aromatic ring is 1. The predicted molar refractivity (Wildman–Crippen MR) is 52.9 cm³/mol. The Balaban J connectivity index is 3.17. The Morgan fingerprint density at radius 1 is 1.50 bits per heavy atom. The van der Waals surface area contributed by atoms with Crippen molar-refractivity contribution in [2.24, 2.45) is 0 Å². The van der Waals surface area contributed by atoms with Gasteiger partial charge in [0, 0.05) is 9.26 Å². The highest BCUT2D eigenvalue weighted by atomic mass is 127. The average molecular weight is 247 g/mol. The van der Waals surface area contributed by atoms with E-state index in [-0.39, 0.29) is 0 Å². The lowest BCUT2D eigenvalue weighted by molar-refractivity contribution is 1.13. The van der Waals surface area contributed by atoms with Crippen molar-refractivity contribution in [2.45, 2.75) is 13.3 Å². The summed E-state index contributed by atoms with van der Waals surface area (Å²) in [6, 6.07) is 6.01. The number of hydrogen-bond donors (Lipinski definition) is 1. The molecular weight excluding hydrogens is 237 g/mol. The van der Waals surface area contributed by atoms with Gasteiger partial charge in [-0.25, -0.2) is 0 Å². The third kappa shape index (κ3) is 1.42. The molecule has 2 N–H and O–H groups in total. The molecule has 0 aliphatic heterocycles. The highest BCUT2D eigenvalue weighted by Gasteiger charge is 1.98. The molecular formula is C8H10IN. The molecule has 0 fully saturated rings. The fraction of sp³-hybridized carbons (Fsp3) is 0.250. The van der Waals surface area contributed by atoms with Gasteiger partial charge in [-0.3, -0.25) is 0 Å². The van der Waals surface area contributed by atoms with Crippen molar-refractivity contribution in [2.75, 3.05) is 5.73 Å². The Morgan fingerprint density at radius 2 is 2.20 bits per heavy atom. The first kappa shape index (κ1) is 7.85. The topological polar surface area (TPSA) is 26.0 Å². The zero-order valence-corrected chi connectivity index (χ0v) is 8.05. The summed E-state index contributed by atoms with van der Waals surface area (Å²) in [4.78, 5) is 0. The van der Waals surface area contributed by atoms with E-state index in [2.05, 4.69) is 35.6 Å². The number of rotatable bonds is 1. The number of anilines is 1. The molecule has 0 atom stereocenters. The van der Waals surface area contributed by atoms with E-state index in [1.165, 1.54) is 9.13 Å². The van der Waals surface area contributed by atoms with E-state index < -0.39 is 0 Å². The first-order valence-corrected chi connectivity index (χ1v) is 4.36. The van der Waals surface area contributed by atoms with Gasteiger partial charge in [-0.1, -0.05) is 13.0 Å². The van der Waals surface area contributed by atoms with Crippen LogP contribution in [-0.2, 0) is 6.42 Å². The maximum Gasteiger partial charge on any atom is 0.0357 e. The zero-order chi connectivity index (χ0) is 7.56. The van der Waals surface area contributed by atoms with Gasteiger partial charge in [0.1, 0.15) is 0 Å². The summed E-state index contributed by atoms with van der Waals surface area (Å²) in [6.07, 6.45) is 1.02. The third-order valence-electron chi connectivity index (χ3n) is 1.51. The second kappa shape index (κ2) is 3.23. The molecule has 0 heterocycles. The first-order valence-electron chi connectivity index (χ1n) is 3.28. The van der Waals surface area contributed by atoms with Crippen LogP contribution in [0.25, 0.3) is 0 Å². The minimum Gasteiger partial charge on any atom is -0.398 e. The van der Waals surface area contributed by atoms with Gasteiger partial charge >= 0.3 is 0 Å². The molecule has 0 amide bonds. The molecule has 10 heavy (non-hydrogen) atoms. The Labute approximate surface area is 74.8 Å². The molecule has 0 aliphatic rings. The summed E-state index contributed by atoms with van der Waals surface area (Å²) in [6.45, 7) is 2.12. The van der Waals surface area contributed by atoms with E-state index in [0.717, 1.165) is 12.1 Å². The Morgan fingerprint density at radius 3 is 2.60 bits per heavy atom. The SMILES string of the molecule is CCc1c(N)cccc1I. The minimum absolute atomic E-state index is 0.911. The number of benzene rings is 1. The molecule has 1 aromatic carbocycles. The Kier molecular flexibility index (Phi) is 2.54. The van der Waals surface area contributed by atoms with Crippen molar-refractivity contribution in [3.05, 3.63) is 27.3 Å². The standard InChI is InChI=1S/C8H10IN/c1-2-6-7(9)4-3-5-8(6)10/h3-5H,2,10H2,1H3. The molecule has 0 saturated carbocycles. The van der Waals surface area contributed by atoms with Crippen LogP contribution in [0.2, 0.25) is 0 Å². The number of nitrogens with two attached hydrogens (primary N) is 1. The van der Waals surface area contributed by atoms with Crippen molar-refractivity contribution in [1.82, 2.24) is 0 Å². The molecule has 54 valence electrons. The van der Waals surface area contributed by atoms with Crippen LogP contribution in [0, 0.1) is 3.57 Å². The molecule has 0 spiro atoms. The van der Waals surface area contributed by atoms with Crippen LogP contribution in [0.4, 0.5) is 5.69 Å². The Hall–Kier alpha value is -0.250. The molecule has 0 radical (unpaired) electrons. The summed E-state index contributed by atoms with van der Waals surface area (Å²) < 4.78 is 1.26. The highest BCUT2D eigenvalue weighted by Crippen LogP contribution is 2.18. The van der Waals surface area contributed by atoms with E-state index in [0.29, 0.717) is 0 Å². The molecule has 1 rings (SSSR count). The smallest absolute Gasteiger partial charge is 0.0357 e. The third-order valence-corrected chi connectivity index (χ3v) is 2.52. The summed E-state index contributed by atoms with van der Waals surface area (Å²) in [5, 5.41) is 0. The molecule has 0 unspecified atom stereocenters. The molecule has 0 bridgehead atoms. The van der Waals surface area contributed by atoms with Crippen molar-refractivity contribution in [3.63, 3.8) is 0 Å². The van der Waals surface area contributed by atoms with Gasteiger partial charge < -0.3 is 5.73 Å². The largest absolute Gasteiger partial charge is 0.398 e. The van der Waals surface area contributed by atoms with Crippen LogP contribution in [0.1, 0.15) is 12.5 Å². The lowest BCUT2D eigenvalue weighted by atomic mass is 10.1. The molecule has 1 aromatic rings. The first-order chi connectivity index (χ1) is 4.75. The van der Waals surface area contributed by atoms with E-state index >= 15 is 0 Å². The lowest BCUT2D eigenvalue weighted by Gasteiger charge is -2.03. The average Bonchev–Trinajstić information content (AvgIpc) is 1.88. The maximum absolute atomic E-state index is 5.73. The second-order valence-corrected chi connectivity index (χ2v) is 3.32. The lowest BCUT2D eigenvalue weighted by Crippen LogP contribution is -1.94. The zero-order valence-electron chi connectivity index (χ0n) is 5.89. The van der Waals surface area contributed by atoms with Crippen LogP contribution < -0.4 is 5.73 Å². The molecule has 1 nitrogen and oxygen atoms in total. The van der Waals surface area contributed by atoms with Gasteiger partial charge in [0.2, 0.25) is 0 Å². The number of hydrogen-bond acceptors (Lipinski definition) is 1. The Bertz CT molecular complexity index is 212. The van der Waals surface area contributed by atoms with Gasteiger partial charge in [-0.15, -0.1) is 0 Å². The van der Waals surface area contributed by atoms with Crippen LogP contribution in [0.5, 0.6) is 0 Å². The minimum atomic E-state index is 0.911. The molecule has 0 aromatic heterocycles. The van der Waals surface area contributed by atoms with Crippen molar-refractivity contribution < 1.29 is 0 Å². The summed E-state index contributed by atoms with van der Waals surface area (Å²) in [5.41, 5.74) is 7.91. The van der Waals surface area contributed by atoms with Crippen molar-refractivity contribution >= 4 is 28.3 Å². The maximum atomic E-state index is 5.73. The van der Waals surface area contributed by atoms with Crippen LogP contribution in [0.3, 0.4) is 0 Å². The predicted octanol–water partition coefficient (Wildman–Crippen LogP) is 2.44. The van der Waals surface area contributed by atoms with Crippen LogP contribution in [-0.4, -0.2) is 0 Å². The van der Waals surface area contributed by atoms with Crippen LogP contribution >= 0.6 is 22.6 Å². The summed E-state index contributed by atoms with van der Waals surface area (Å²) in [7, 11) is 0. The fourth-order valence-electron chi connectivity index (χ4n) is 0.948.